The molecule has 0 aliphatic carbocycles. The van der Waals surface area contributed by atoms with E-state index in [0.717, 1.165) is 26.1 Å². The Hall–Kier alpha value is -1.35. The van der Waals surface area contributed by atoms with E-state index in [4.69, 9.17) is 4.74 Å². The van der Waals surface area contributed by atoms with Gasteiger partial charge in [0.25, 0.3) is 0 Å². The molecule has 0 unspecified atom stereocenters. The summed E-state index contributed by atoms with van der Waals surface area (Å²) in [5, 5.41) is 0. The fraction of sp³-hybridized carbons (Fsp3) is 0.533. The number of carbonyl (C=O) groups excluding carboxylic acids is 1. The number of hydrogen-bond acceptors (Lipinski definition) is 3. The van der Waals surface area contributed by atoms with Crippen molar-refractivity contribution in [1.82, 2.24) is 4.90 Å². The molecule has 98 valence electrons. The first-order valence-electron chi connectivity index (χ1n) is 6.58. The summed E-state index contributed by atoms with van der Waals surface area (Å²) >= 11 is 0. The Morgan fingerprint density at radius 1 is 1.39 bits per heavy atom. The van der Waals surface area contributed by atoms with Crippen LogP contribution in [-0.2, 0) is 16.1 Å². The fourth-order valence-corrected chi connectivity index (χ4v) is 2.58. The molecule has 1 aromatic carbocycles. The van der Waals surface area contributed by atoms with Crippen LogP contribution in [0.3, 0.4) is 0 Å². The van der Waals surface area contributed by atoms with Gasteiger partial charge >= 0.3 is 5.97 Å². The average Bonchev–Trinajstić information content (AvgIpc) is 2.33. The molecule has 1 heterocycles. The maximum atomic E-state index is 11.0. The second-order valence-electron chi connectivity index (χ2n) is 5.13. The molecule has 1 aliphatic heterocycles. The number of hydrogen-bond donors (Lipinski definition) is 0. The SMILES string of the molecule is CC(=O)O[C@H]1CCN(Cc2ccccc2)C[C@H]1C. The molecular weight excluding hydrogens is 226 g/mol. The monoisotopic (exact) mass is 247 g/mol. The zero-order chi connectivity index (χ0) is 13.0. The van der Waals surface area contributed by atoms with Gasteiger partial charge in [0.2, 0.25) is 0 Å². The molecule has 0 N–H and O–H groups in total. The van der Waals surface area contributed by atoms with Gasteiger partial charge in [0, 0.05) is 32.5 Å². The van der Waals surface area contributed by atoms with E-state index < -0.39 is 0 Å². The van der Waals surface area contributed by atoms with Crippen LogP contribution in [-0.4, -0.2) is 30.1 Å². The minimum Gasteiger partial charge on any atom is -0.462 e. The van der Waals surface area contributed by atoms with Crippen molar-refractivity contribution >= 4 is 5.97 Å². The van der Waals surface area contributed by atoms with E-state index >= 15 is 0 Å². The van der Waals surface area contributed by atoms with Gasteiger partial charge in [-0.05, 0) is 12.0 Å². The predicted molar refractivity (Wildman–Crippen MR) is 71.1 cm³/mol. The van der Waals surface area contributed by atoms with E-state index in [2.05, 4.69) is 36.1 Å². The number of piperidine rings is 1. The van der Waals surface area contributed by atoms with Gasteiger partial charge in [-0.3, -0.25) is 9.69 Å². The van der Waals surface area contributed by atoms with Crippen LogP contribution in [0.15, 0.2) is 30.3 Å². The lowest BCUT2D eigenvalue weighted by Gasteiger charge is -2.36. The molecule has 0 radical (unpaired) electrons. The molecule has 0 saturated carbocycles. The number of nitrogens with zero attached hydrogens (tertiary/aromatic N) is 1. The molecule has 0 aromatic heterocycles. The minimum atomic E-state index is -0.164. The second-order valence-corrected chi connectivity index (χ2v) is 5.13. The van der Waals surface area contributed by atoms with Crippen LogP contribution in [0.4, 0.5) is 0 Å². The Kier molecular flexibility index (Phi) is 4.37. The Bertz CT molecular complexity index is 391. The summed E-state index contributed by atoms with van der Waals surface area (Å²) < 4.78 is 5.34. The minimum absolute atomic E-state index is 0.0922. The van der Waals surface area contributed by atoms with Crippen molar-refractivity contribution in [3.05, 3.63) is 35.9 Å². The van der Waals surface area contributed by atoms with Crippen molar-refractivity contribution in [3.63, 3.8) is 0 Å². The van der Waals surface area contributed by atoms with Gasteiger partial charge in [-0.25, -0.2) is 0 Å². The van der Waals surface area contributed by atoms with Crippen LogP contribution in [0.25, 0.3) is 0 Å². The summed E-state index contributed by atoms with van der Waals surface area (Å²) in [6, 6.07) is 10.5. The molecule has 1 aliphatic rings. The zero-order valence-electron chi connectivity index (χ0n) is 11.1. The smallest absolute Gasteiger partial charge is 0.302 e. The first-order valence-corrected chi connectivity index (χ1v) is 6.58. The lowest BCUT2D eigenvalue weighted by molar-refractivity contribution is -0.151. The highest BCUT2D eigenvalue weighted by Gasteiger charge is 2.27. The summed E-state index contributed by atoms with van der Waals surface area (Å²) in [6.45, 7) is 6.62. The van der Waals surface area contributed by atoms with E-state index in [-0.39, 0.29) is 12.1 Å². The fourth-order valence-electron chi connectivity index (χ4n) is 2.58. The molecule has 1 fully saturated rings. The average molecular weight is 247 g/mol. The van der Waals surface area contributed by atoms with Crippen molar-refractivity contribution in [2.75, 3.05) is 13.1 Å². The van der Waals surface area contributed by atoms with Crippen LogP contribution in [0.1, 0.15) is 25.8 Å². The van der Waals surface area contributed by atoms with Gasteiger partial charge in [-0.2, -0.15) is 0 Å². The number of carbonyl (C=O) groups is 1. The summed E-state index contributed by atoms with van der Waals surface area (Å²) in [5.41, 5.74) is 1.34. The number of rotatable bonds is 3. The third kappa shape index (κ3) is 3.57. The van der Waals surface area contributed by atoms with Crippen LogP contribution < -0.4 is 0 Å². The molecule has 2 rings (SSSR count). The normalized spacial score (nSPS) is 24.8. The summed E-state index contributed by atoms with van der Waals surface area (Å²) in [6.07, 6.45) is 1.03. The third-order valence-electron chi connectivity index (χ3n) is 3.48. The highest BCUT2D eigenvalue weighted by Crippen LogP contribution is 2.21. The molecule has 0 spiro atoms. The lowest BCUT2D eigenvalue weighted by Crippen LogP contribution is -2.43. The Labute approximate surface area is 109 Å². The van der Waals surface area contributed by atoms with Crippen molar-refractivity contribution < 1.29 is 9.53 Å². The number of ether oxygens (including phenoxy) is 1. The topological polar surface area (TPSA) is 29.5 Å². The molecule has 3 heteroatoms. The highest BCUT2D eigenvalue weighted by molar-refractivity contribution is 5.66. The van der Waals surface area contributed by atoms with Crippen molar-refractivity contribution in [1.29, 1.82) is 0 Å². The molecule has 1 saturated heterocycles. The Balaban J connectivity index is 1.86. The van der Waals surface area contributed by atoms with Crippen LogP contribution >= 0.6 is 0 Å². The molecular formula is C15H21NO2. The van der Waals surface area contributed by atoms with Crippen molar-refractivity contribution in [3.8, 4) is 0 Å². The maximum absolute atomic E-state index is 11.0. The first-order chi connectivity index (χ1) is 8.65. The van der Waals surface area contributed by atoms with Gasteiger partial charge < -0.3 is 4.74 Å². The van der Waals surface area contributed by atoms with Gasteiger partial charge in [0.15, 0.2) is 0 Å². The Morgan fingerprint density at radius 2 is 2.11 bits per heavy atom. The quantitative estimate of drug-likeness (QED) is 0.768. The van der Waals surface area contributed by atoms with Crippen molar-refractivity contribution in [2.24, 2.45) is 5.92 Å². The van der Waals surface area contributed by atoms with E-state index in [1.54, 1.807) is 0 Å². The molecule has 3 nitrogen and oxygen atoms in total. The van der Waals surface area contributed by atoms with E-state index in [9.17, 15) is 4.79 Å². The van der Waals surface area contributed by atoms with Gasteiger partial charge in [-0.15, -0.1) is 0 Å². The maximum Gasteiger partial charge on any atom is 0.302 e. The van der Waals surface area contributed by atoms with Gasteiger partial charge in [0.1, 0.15) is 6.10 Å². The molecule has 2 atom stereocenters. The van der Waals surface area contributed by atoms with Gasteiger partial charge in [-0.1, -0.05) is 37.3 Å². The second kappa shape index (κ2) is 6.01. The number of likely N-dealkylation sites (tertiary alicyclic amines) is 1. The molecule has 1 aromatic rings. The summed E-state index contributed by atoms with van der Waals surface area (Å²) in [7, 11) is 0. The summed E-state index contributed by atoms with van der Waals surface area (Å²) in [4.78, 5) is 13.4. The first kappa shape index (κ1) is 13.1. The largest absolute Gasteiger partial charge is 0.462 e. The Morgan fingerprint density at radius 3 is 2.72 bits per heavy atom. The standard InChI is InChI=1S/C15H21NO2/c1-12-10-16(9-8-15(12)18-13(2)17)11-14-6-4-3-5-7-14/h3-7,12,15H,8-11H2,1-2H3/t12-,15+/m1/s1. The molecule has 0 amide bonds. The van der Waals surface area contributed by atoms with Crippen LogP contribution in [0.2, 0.25) is 0 Å². The highest BCUT2D eigenvalue weighted by atomic mass is 16.5. The van der Waals surface area contributed by atoms with Gasteiger partial charge in [0.05, 0.1) is 0 Å². The van der Waals surface area contributed by atoms with E-state index in [1.807, 2.05) is 6.07 Å². The molecule has 18 heavy (non-hydrogen) atoms. The zero-order valence-corrected chi connectivity index (χ0v) is 11.1. The van der Waals surface area contributed by atoms with E-state index in [1.165, 1.54) is 12.5 Å². The lowest BCUT2D eigenvalue weighted by atomic mass is 9.96. The molecule has 0 bridgehead atoms. The van der Waals surface area contributed by atoms with Crippen molar-refractivity contribution in [2.45, 2.75) is 32.9 Å². The van der Waals surface area contributed by atoms with Crippen LogP contribution in [0.5, 0.6) is 0 Å². The number of benzene rings is 1. The predicted octanol–water partition coefficient (Wildman–Crippen LogP) is 2.46. The van der Waals surface area contributed by atoms with E-state index in [0.29, 0.717) is 5.92 Å². The third-order valence-corrected chi connectivity index (χ3v) is 3.48. The summed E-state index contributed by atoms with van der Waals surface area (Å²) in [5.74, 6) is 0.245. The number of esters is 1. The van der Waals surface area contributed by atoms with Crippen LogP contribution in [0, 0.1) is 5.92 Å².